The first-order chi connectivity index (χ1) is 16.5. The maximum absolute atomic E-state index is 13.0. The number of H-pyrrole nitrogens is 1. The molecule has 1 saturated heterocycles. The molecule has 1 unspecified atom stereocenters. The van der Waals surface area contributed by atoms with Gasteiger partial charge in [-0.3, -0.25) is 14.5 Å². The van der Waals surface area contributed by atoms with Gasteiger partial charge in [0.25, 0.3) is 11.5 Å². The van der Waals surface area contributed by atoms with Crippen molar-refractivity contribution in [3.05, 3.63) is 68.3 Å². The third-order valence-corrected chi connectivity index (χ3v) is 6.69. The summed E-state index contributed by atoms with van der Waals surface area (Å²) in [6, 6.07) is 11.7. The molecular weight excluding hydrogens is 483 g/mol. The lowest BCUT2D eigenvalue weighted by atomic mass is 10.1. The molecule has 1 aromatic carbocycles. The largest absolute Gasteiger partial charge is 0.490 e. The number of aliphatic carboxylic acids is 1. The summed E-state index contributed by atoms with van der Waals surface area (Å²) >= 11 is 1.86. The summed E-state index contributed by atoms with van der Waals surface area (Å²) in [7, 11) is 1.85. The Kier molecular flexibility index (Phi) is 8.34. The van der Waals surface area contributed by atoms with Crippen molar-refractivity contribution in [1.82, 2.24) is 14.8 Å². The molecule has 0 aliphatic carbocycles. The van der Waals surface area contributed by atoms with Gasteiger partial charge in [0.1, 0.15) is 0 Å². The van der Waals surface area contributed by atoms with Gasteiger partial charge in [-0.05, 0) is 44.0 Å². The normalized spacial score (nSPS) is 16.1. The van der Waals surface area contributed by atoms with Gasteiger partial charge in [-0.1, -0.05) is 18.2 Å². The first kappa shape index (κ1) is 26.4. The van der Waals surface area contributed by atoms with E-state index in [1.54, 1.807) is 17.2 Å². The summed E-state index contributed by atoms with van der Waals surface area (Å²) in [5.74, 6) is -2.32. The SMILES string of the molecule is Cc1ccc(CN2CCC(CN(C)C(=O)c3c[nH]c(=O)c4ccccc34)C2)s1.O=C(O)C(F)(F)F. The Hall–Kier alpha value is -3.18. The van der Waals surface area contributed by atoms with Crippen LogP contribution in [0.3, 0.4) is 0 Å². The van der Waals surface area contributed by atoms with Crippen molar-refractivity contribution < 1.29 is 27.9 Å². The fourth-order valence-electron chi connectivity index (χ4n) is 4.06. The molecule has 35 heavy (non-hydrogen) atoms. The third kappa shape index (κ3) is 6.92. The summed E-state index contributed by atoms with van der Waals surface area (Å²) in [6.07, 6.45) is -2.43. The molecular formula is C24H26F3N3O4S. The number of aromatic amines is 1. The topological polar surface area (TPSA) is 93.7 Å². The van der Waals surface area contributed by atoms with Crippen LogP contribution in [0.1, 0.15) is 26.5 Å². The Morgan fingerprint density at radius 1 is 1.20 bits per heavy atom. The van der Waals surface area contributed by atoms with Crippen LogP contribution in [0, 0.1) is 12.8 Å². The number of carboxylic acids is 1. The molecule has 1 aliphatic heterocycles. The molecule has 0 spiro atoms. The number of benzene rings is 1. The van der Waals surface area contributed by atoms with Gasteiger partial charge in [0.2, 0.25) is 0 Å². The fourth-order valence-corrected chi connectivity index (χ4v) is 4.99. The number of rotatable bonds is 5. The van der Waals surface area contributed by atoms with Crippen molar-refractivity contribution in [2.75, 3.05) is 26.7 Å². The lowest BCUT2D eigenvalue weighted by molar-refractivity contribution is -0.192. The summed E-state index contributed by atoms with van der Waals surface area (Å²) < 4.78 is 31.7. The number of halogens is 3. The maximum atomic E-state index is 13.0. The minimum Gasteiger partial charge on any atom is -0.475 e. The zero-order chi connectivity index (χ0) is 25.8. The molecule has 3 heterocycles. The van der Waals surface area contributed by atoms with Gasteiger partial charge in [0.15, 0.2) is 0 Å². The highest BCUT2D eigenvalue weighted by Gasteiger charge is 2.38. The molecule has 1 aliphatic rings. The number of carboxylic acid groups (broad SMARTS) is 1. The molecule has 4 rings (SSSR count). The van der Waals surface area contributed by atoms with Gasteiger partial charge >= 0.3 is 12.1 Å². The molecule has 188 valence electrons. The minimum atomic E-state index is -5.08. The van der Waals surface area contributed by atoms with Crippen molar-refractivity contribution in [2.45, 2.75) is 26.1 Å². The first-order valence-corrected chi connectivity index (χ1v) is 11.7. The van der Waals surface area contributed by atoms with Crippen LogP contribution in [0.5, 0.6) is 0 Å². The van der Waals surface area contributed by atoms with E-state index in [0.717, 1.165) is 32.6 Å². The van der Waals surface area contributed by atoms with Crippen LogP contribution in [0.25, 0.3) is 10.8 Å². The number of likely N-dealkylation sites (tertiary alicyclic amines) is 1. The highest BCUT2D eigenvalue weighted by Crippen LogP contribution is 2.24. The van der Waals surface area contributed by atoms with Gasteiger partial charge in [-0.2, -0.15) is 13.2 Å². The van der Waals surface area contributed by atoms with Crippen LogP contribution in [0.15, 0.2) is 47.4 Å². The van der Waals surface area contributed by atoms with Crippen LogP contribution < -0.4 is 5.56 Å². The van der Waals surface area contributed by atoms with Crippen molar-refractivity contribution in [3.63, 3.8) is 0 Å². The van der Waals surface area contributed by atoms with Crippen molar-refractivity contribution in [2.24, 2.45) is 5.92 Å². The average Bonchev–Trinajstić information content (AvgIpc) is 3.42. The molecule has 2 N–H and O–H groups in total. The quantitative estimate of drug-likeness (QED) is 0.540. The number of pyridine rings is 1. The second-order valence-electron chi connectivity index (χ2n) is 8.47. The van der Waals surface area contributed by atoms with Crippen molar-refractivity contribution in [3.8, 4) is 0 Å². The zero-order valence-electron chi connectivity index (χ0n) is 19.3. The number of hydrogen-bond acceptors (Lipinski definition) is 5. The fraction of sp³-hybridized carbons (Fsp3) is 0.375. The van der Waals surface area contributed by atoms with Gasteiger partial charge in [-0.25, -0.2) is 4.79 Å². The number of aromatic nitrogens is 1. The predicted molar refractivity (Wildman–Crippen MR) is 128 cm³/mol. The number of amides is 1. The van der Waals surface area contributed by atoms with Crippen molar-refractivity contribution in [1.29, 1.82) is 0 Å². The number of hydrogen-bond donors (Lipinski definition) is 2. The molecule has 1 amide bonds. The van der Waals surface area contributed by atoms with E-state index in [0.29, 0.717) is 22.3 Å². The van der Waals surface area contributed by atoms with Crippen LogP contribution in [-0.4, -0.2) is 64.6 Å². The van der Waals surface area contributed by atoms with E-state index in [4.69, 9.17) is 9.90 Å². The molecule has 1 atom stereocenters. The lowest BCUT2D eigenvalue weighted by Crippen LogP contribution is -2.33. The van der Waals surface area contributed by atoms with Gasteiger partial charge in [-0.15, -0.1) is 11.3 Å². The van der Waals surface area contributed by atoms with E-state index in [1.165, 1.54) is 9.75 Å². The average molecular weight is 510 g/mol. The number of carbonyl (C=O) groups excluding carboxylic acids is 1. The summed E-state index contributed by atoms with van der Waals surface area (Å²) in [4.78, 5) is 43.7. The number of aryl methyl sites for hydroxylation is 1. The molecule has 1 fully saturated rings. The summed E-state index contributed by atoms with van der Waals surface area (Å²) in [5, 5.41) is 8.39. The van der Waals surface area contributed by atoms with E-state index in [9.17, 15) is 22.8 Å². The Labute approximate surface area is 203 Å². The smallest absolute Gasteiger partial charge is 0.475 e. The number of alkyl halides is 3. The second-order valence-corrected chi connectivity index (χ2v) is 9.84. The molecule has 0 bridgehead atoms. The summed E-state index contributed by atoms with van der Waals surface area (Å²) in [5.41, 5.74) is 0.395. The Morgan fingerprint density at radius 2 is 1.86 bits per heavy atom. The van der Waals surface area contributed by atoms with E-state index >= 15 is 0 Å². The highest BCUT2D eigenvalue weighted by molar-refractivity contribution is 7.11. The molecule has 3 aromatic rings. The van der Waals surface area contributed by atoms with E-state index in [-0.39, 0.29) is 11.5 Å². The summed E-state index contributed by atoms with van der Waals surface area (Å²) in [6.45, 7) is 5.96. The monoisotopic (exact) mass is 509 g/mol. The zero-order valence-corrected chi connectivity index (χ0v) is 20.1. The standard InChI is InChI=1S/C22H25N3O2S.C2HF3O2/c1-15-7-8-17(28-15)14-25-10-9-16(13-25)12-24(2)22(27)20-11-23-21(26)19-6-4-3-5-18(19)20;3-2(4,5)1(6)7/h3-8,11,16H,9-10,12-14H2,1-2H3,(H,23,26);(H,6,7). The van der Waals surface area contributed by atoms with Crippen LogP contribution in [-0.2, 0) is 11.3 Å². The van der Waals surface area contributed by atoms with E-state index < -0.39 is 12.1 Å². The second kappa shape index (κ2) is 11.0. The lowest BCUT2D eigenvalue weighted by Gasteiger charge is -2.22. The van der Waals surface area contributed by atoms with Crippen LogP contribution in [0.4, 0.5) is 13.2 Å². The van der Waals surface area contributed by atoms with Crippen LogP contribution >= 0.6 is 11.3 Å². The number of nitrogens with one attached hydrogen (secondary N) is 1. The number of carbonyl (C=O) groups is 2. The molecule has 0 radical (unpaired) electrons. The Balaban J connectivity index is 0.000000429. The molecule has 2 aromatic heterocycles. The van der Waals surface area contributed by atoms with Gasteiger partial charge < -0.3 is 15.0 Å². The Bertz CT molecular complexity index is 1250. The number of fused-ring (bicyclic) bond motifs is 1. The third-order valence-electron chi connectivity index (χ3n) is 5.71. The van der Waals surface area contributed by atoms with Crippen molar-refractivity contribution >= 4 is 34.0 Å². The number of thiophene rings is 1. The van der Waals surface area contributed by atoms with Gasteiger partial charge in [0, 0.05) is 53.4 Å². The predicted octanol–water partition coefficient (Wildman–Crippen LogP) is 4.13. The molecule has 0 saturated carbocycles. The molecule has 11 heteroatoms. The number of nitrogens with zero attached hydrogens (tertiary/aromatic N) is 2. The first-order valence-electron chi connectivity index (χ1n) is 10.9. The minimum absolute atomic E-state index is 0.0419. The highest BCUT2D eigenvalue weighted by atomic mass is 32.1. The Morgan fingerprint density at radius 3 is 2.46 bits per heavy atom. The van der Waals surface area contributed by atoms with Gasteiger partial charge in [0.05, 0.1) is 5.56 Å². The molecule has 7 nitrogen and oxygen atoms in total. The maximum Gasteiger partial charge on any atom is 0.490 e. The van der Waals surface area contributed by atoms with Crippen LogP contribution in [0.2, 0.25) is 0 Å². The van der Waals surface area contributed by atoms with E-state index in [2.05, 4.69) is 28.9 Å². The van der Waals surface area contributed by atoms with E-state index in [1.807, 2.05) is 36.6 Å².